The second-order valence-corrected chi connectivity index (χ2v) is 4.22. The van der Waals surface area contributed by atoms with Crippen LogP contribution in [0, 0.1) is 0 Å². The zero-order chi connectivity index (χ0) is 13.3. The van der Waals surface area contributed by atoms with Gasteiger partial charge in [0.25, 0.3) is 5.56 Å². The maximum absolute atomic E-state index is 11.6. The van der Waals surface area contributed by atoms with Crippen LogP contribution in [-0.2, 0) is 4.74 Å². The van der Waals surface area contributed by atoms with Crippen molar-refractivity contribution in [3.8, 4) is 0 Å². The minimum Gasteiger partial charge on any atom is -0.394 e. The molecule has 4 atom stereocenters. The van der Waals surface area contributed by atoms with E-state index in [2.05, 4.69) is 4.98 Å². The third-order valence-electron chi connectivity index (χ3n) is 2.97. The number of aliphatic hydroxyl groups is 2. The van der Waals surface area contributed by atoms with Crippen molar-refractivity contribution in [3.05, 3.63) is 33.1 Å². The fraction of sp³-hybridized carbons (Fsp3) is 0.600. The molecule has 8 nitrogen and oxygen atoms in total. The summed E-state index contributed by atoms with van der Waals surface area (Å²) < 4.78 is 6.56. The Morgan fingerprint density at radius 3 is 2.89 bits per heavy atom. The predicted octanol–water partition coefficient (Wildman–Crippen LogP) is -2.50. The Bertz CT molecular complexity index is 525. The van der Waals surface area contributed by atoms with Crippen LogP contribution in [0.4, 0.5) is 0 Å². The van der Waals surface area contributed by atoms with Gasteiger partial charge in [0.15, 0.2) is 0 Å². The first-order chi connectivity index (χ1) is 8.52. The average molecular weight is 257 g/mol. The van der Waals surface area contributed by atoms with Crippen LogP contribution in [0.25, 0.3) is 0 Å². The molecule has 5 N–H and O–H groups in total. The van der Waals surface area contributed by atoms with E-state index < -0.39 is 42.3 Å². The van der Waals surface area contributed by atoms with Gasteiger partial charge >= 0.3 is 5.69 Å². The highest BCUT2D eigenvalue weighted by Crippen LogP contribution is 2.25. The van der Waals surface area contributed by atoms with Gasteiger partial charge < -0.3 is 20.7 Å². The van der Waals surface area contributed by atoms with Crippen molar-refractivity contribution in [2.75, 3.05) is 6.61 Å². The number of aliphatic hydroxyl groups excluding tert-OH is 2. The van der Waals surface area contributed by atoms with Crippen LogP contribution < -0.4 is 17.0 Å². The van der Waals surface area contributed by atoms with Gasteiger partial charge in [0, 0.05) is 24.7 Å². The second kappa shape index (κ2) is 5.02. The molecule has 1 aromatic rings. The van der Waals surface area contributed by atoms with Crippen LogP contribution in [0.3, 0.4) is 0 Å². The third kappa shape index (κ3) is 2.36. The molecule has 1 saturated heterocycles. The number of rotatable bonds is 2. The topological polar surface area (TPSA) is 131 Å². The van der Waals surface area contributed by atoms with Crippen molar-refractivity contribution in [1.29, 1.82) is 0 Å². The normalized spacial score (nSPS) is 32.4. The molecule has 0 radical (unpaired) electrons. The second-order valence-electron chi connectivity index (χ2n) is 4.22. The number of H-pyrrole nitrogens is 1. The van der Waals surface area contributed by atoms with Gasteiger partial charge in [0.1, 0.15) is 12.3 Å². The summed E-state index contributed by atoms with van der Waals surface area (Å²) in [7, 11) is 0. The van der Waals surface area contributed by atoms with Crippen LogP contribution >= 0.6 is 0 Å². The van der Waals surface area contributed by atoms with E-state index in [1.165, 1.54) is 16.8 Å². The molecule has 0 aliphatic carbocycles. The highest BCUT2D eigenvalue weighted by molar-refractivity contribution is 4.90. The molecule has 1 fully saturated rings. The minimum absolute atomic E-state index is 0.212. The van der Waals surface area contributed by atoms with Gasteiger partial charge in [-0.05, 0) is 0 Å². The average Bonchev–Trinajstić information content (AvgIpc) is 2.32. The molecule has 0 saturated carbocycles. The van der Waals surface area contributed by atoms with Gasteiger partial charge in [-0.25, -0.2) is 4.79 Å². The lowest BCUT2D eigenvalue weighted by molar-refractivity contribution is -0.168. The number of nitrogens with two attached hydrogens (primary N) is 1. The molecular weight excluding hydrogens is 242 g/mol. The largest absolute Gasteiger partial charge is 0.394 e. The zero-order valence-electron chi connectivity index (χ0n) is 9.52. The van der Waals surface area contributed by atoms with Crippen molar-refractivity contribution in [1.82, 2.24) is 9.55 Å². The molecule has 0 spiro atoms. The van der Waals surface area contributed by atoms with Crippen LogP contribution in [0.1, 0.15) is 12.6 Å². The van der Waals surface area contributed by atoms with E-state index >= 15 is 0 Å². The Kier molecular flexibility index (Phi) is 3.62. The quantitative estimate of drug-likeness (QED) is 0.463. The van der Waals surface area contributed by atoms with E-state index in [0.717, 1.165) is 0 Å². The summed E-state index contributed by atoms with van der Waals surface area (Å²) >= 11 is 0. The summed E-state index contributed by atoms with van der Waals surface area (Å²) in [5.74, 6) is 0. The minimum atomic E-state index is -0.982. The van der Waals surface area contributed by atoms with Gasteiger partial charge in [0.05, 0.1) is 12.7 Å². The zero-order valence-corrected chi connectivity index (χ0v) is 9.52. The number of ether oxygens (including phenoxy) is 1. The molecule has 1 aliphatic rings. The number of hydrogen-bond donors (Lipinski definition) is 4. The Morgan fingerprint density at radius 1 is 1.56 bits per heavy atom. The van der Waals surface area contributed by atoms with Crippen LogP contribution in [0.15, 0.2) is 21.9 Å². The molecule has 18 heavy (non-hydrogen) atoms. The van der Waals surface area contributed by atoms with Gasteiger partial charge in [-0.15, -0.1) is 0 Å². The van der Waals surface area contributed by atoms with E-state index in [-0.39, 0.29) is 6.42 Å². The monoisotopic (exact) mass is 257 g/mol. The molecule has 0 aromatic carbocycles. The molecule has 2 heterocycles. The molecule has 2 rings (SSSR count). The maximum Gasteiger partial charge on any atom is 0.330 e. The van der Waals surface area contributed by atoms with E-state index in [1.54, 1.807) is 0 Å². The van der Waals surface area contributed by atoms with E-state index in [4.69, 9.17) is 15.6 Å². The lowest BCUT2D eigenvalue weighted by Gasteiger charge is -2.37. The number of aromatic amines is 1. The SMILES string of the molecule is N[C@H]1C[C@H](n2ccc(=O)[nH]c2=O)O[C@H](CO)[C@H]1O. The molecule has 1 aliphatic heterocycles. The molecule has 0 bridgehead atoms. The van der Waals surface area contributed by atoms with Crippen molar-refractivity contribution in [2.24, 2.45) is 5.73 Å². The number of hydrogen-bond acceptors (Lipinski definition) is 6. The summed E-state index contributed by atoms with van der Waals surface area (Å²) in [6.07, 6.45) is -1.04. The van der Waals surface area contributed by atoms with E-state index in [0.29, 0.717) is 0 Å². The van der Waals surface area contributed by atoms with Crippen LogP contribution in [0.2, 0.25) is 0 Å². The first kappa shape index (κ1) is 13.0. The third-order valence-corrected chi connectivity index (χ3v) is 2.97. The lowest BCUT2D eigenvalue weighted by atomic mass is 9.99. The van der Waals surface area contributed by atoms with Crippen molar-refractivity contribution in [2.45, 2.75) is 30.9 Å². The summed E-state index contributed by atoms with van der Waals surface area (Å²) in [4.78, 5) is 24.6. The van der Waals surface area contributed by atoms with Crippen LogP contribution in [0.5, 0.6) is 0 Å². The molecular formula is C10H15N3O5. The molecule has 0 amide bonds. The Morgan fingerprint density at radius 2 is 2.28 bits per heavy atom. The van der Waals surface area contributed by atoms with E-state index in [9.17, 15) is 14.7 Å². The fourth-order valence-electron chi connectivity index (χ4n) is 1.97. The first-order valence-electron chi connectivity index (χ1n) is 5.54. The Balaban J connectivity index is 2.28. The fourth-order valence-corrected chi connectivity index (χ4v) is 1.97. The summed E-state index contributed by atoms with van der Waals surface area (Å²) in [5.41, 5.74) is 4.60. The van der Waals surface area contributed by atoms with Crippen molar-refractivity contribution in [3.63, 3.8) is 0 Å². The smallest absolute Gasteiger partial charge is 0.330 e. The summed E-state index contributed by atoms with van der Waals surface area (Å²) in [6, 6.07) is 0.578. The van der Waals surface area contributed by atoms with Gasteiger partial charge in [-0.3, -0.25) is 14.3 Å². The first-order valence-corrected chi connectivity index (χ1v) is 5.54. The van der Waals surface area contributed by atoms with Gasteiger partial charge in [-0.1, -0.05) is 0 Å². The molecule has 0 unspecified atom stereocenters. The number of aromatic nitrogens is 2. The van der Waals surface area contributed by atoms with Crippen molar-refractivity contribution < 1.29 is 14.9 Å². The highest BCUT2D eigenvalue weighted by atomic mass is 16.5. The van der Waals surface area contributed by atoms with Crippen molar-refractivity contribution >= 4 is 0 Å². The number of nitrogens with zero attached hydrogens (tertiary/aromatic N) is 1. The molecule has 100 valence electrons. The molecule has 8 heteroatoms. The number of nitrogens with one attached hydrogen (secondary N) is 1. The maximum atomic E-state index is 11.6. The molecule has 1 aromatic heterocycles. The highest BCUT2D eigenvalue weighted by Gasteiger charge is 2.36. The predicted molar refractivity (Wildman–Crippen MR) is 60.9 cm³/mol. The Hall–Kier alpha value is -1.48. The van der Waals surface area contributed by atoms with Crippen LogP contribution in [-0.4, -0.2) is 44.6 Å². The van der Waals surface area contributed by atoms with E-state index in [1.807, 2.05) is 0 Å². The lowest BCUT2D eigenvalue weighted by Crippen LogP contribution is -2.53. The Labute approximate surface area is 102 Å². The summed E-state index contributed by atoms with van der Waals surface area (Å²) in [5, 5.41) is 18.7. The van der Waals surface area contributed by atoms with Gasteiger partial charge in [0.2, 0.25) is 0 Å². The van der Waals surface area contributed by atoms with Gasteiger partial charge in [-0.2, -0.15) is 0 Å². The standard InChI is InChI=1S/C10H15N3O5/c11-5-3-8(18-6(4-14)9(5)16)13-2-1-7(15)12-10(13)17/h1-2,5-6,8-9,14,16H,3-4,11H2,(H,12,15,17)/t5-,6+,8+,9-/m0/s1. The summed E-state index contributed by atoms with van der Waals surface area (Å²) in [6.45, 7) is -0.399.